The fraction of sp³-hybridized carbons (Fsp3) is 0.515. The molecule has 238 valence electrons. The average Bonchev–Trinajstić information content (AvgIpc) is 3.32. The smallest absolute Gasteiger partial charge is 0.393 e. The molecule has 5 rings (SSSR count). The molecule has 2 saturated heterocycles. The molecular weight excluding hydrogens is 606 g/mol. The van der Waals surface area contributed by atoms with Gasteiger partial charge in [-0.3, -0.25) is 4.90 Å². The third-order valence-corrected chi connectivity index (χ3v) is 11.3. The van der Waals surface area contributed by atoms with Crippen molar-refractivity contribution in [3.05, 3.63) is 46.8 Å². The maximum absolute atomic E-state index is 13.7. The van der Waals surface area contributed by atoms with Crippen LogP contribution in [-0.2, 0) is 15.7 Å². The van der Waals surface area contributed by atoms with E-state index in [1.54, 1.807) is 37.6 Å². The molecule has 11 heteroatoms. The Balaban J connectivity index is 1.34. The number of hydrogen-bond donors (Lipinski definition) is 2. The molecule has 3 heterocycles. The highest BCUT2D eigenvalue weighted by Crippen LogP contribution is 2.40. The van der Waals surface area contributed by atoms with Crippen molar-refractivity contribution in [1.29, 1.82) is 0 Å². The number of nitrogens with one attached hydrogen (secondary N) is 2. The maximum atomic E-state index is 13.7. The lowest BCUT2D eigenvalue weighted by atomic mass is 9.91. The standard InChI is InChI=1S/C33H41F3N3O3PS/c1-22-21-39(23-13-17-42-18-14-23)16-12-27(22)38-29-8-5-7-25-26(20-33(34,35)36)31(44-32(25)29)9-6-15-37-28-11-10-24(43(3,4)40)19-30(28)41-2/h5,7-8,10-11,19,22-23,27,37-38H,12-18,20-21H2,1-4H3/t22-,27+/m0/s1. The van der Waals surface area contributed by atoms with Gasteiger partial charge in [-0.15, -0.1) is 11.3 Å². The molecule has 2 atom stereocenters. The third kappa shape index (κ3) is 7.92. The van der Waals surface area contributed by atoms with Crippen molar-refractivity contribution in [2.24, 2.45) is 5.92 Å². The zero-order valence-corrected chi connectivity index (χ0v) is 27.4. The normalized spacial score (nSPS) is 20.2. The van der Waals surface area contributed by atoms with Gasteiger partial charge in [0.05, 0.1) is 41.0 Å². The van der Waals surface area contributed by atoms with E-state index in [4.69, 9.17) is 9.47 Å². The van der Waals surface area contributed by atoms with Gasteiger partial charge >= 0.3 is 6.18 Å². The first-order chi connectivity index (χ1) is 20.9. The highest BCUT2D eigenvalue weighted by Gasteiger charge is 2.33. The van der Waals surface area contributed by atoms with Gasteiger partial charge in [0.25, 0.3) is 0 Å². The molecule has 0 saturated carbocycles. The van der Waals surface area contributed by atoms with E-state index in [-0.39, 0.29) is 18.2 Å². The van der Waals surface area contributed by atoms with Gasteiger partial charge in [-0.2, -0.15) is 13.2 Å². The Hall–Kier alpha value is -2.70. The van der Waals surface area contributed by atoms with Crippen molar-refractivity contribution >= 4 is 45.2 Å². The number of hydrogen-bond acceptors (Lipinski definition) is 7. The van der Waals surface area contributed by atoms with Crippen LogP contribution in [0.25, 0.3) is 10.1 Å². The lowest BCUT2D eigenvalue weighted by Crippen LogP contribution is -2.50. The summed E-state index contributed by atoms with van der Waals surface area (Å²) in [6.45, 7) is 9.49. The van der Waals surface area contributed by atoms with Crippen molar-refractivity contribution in [1.82, 2.24) is 4.90 Å². The molecule has 1 aromatic heterocycles. The zero-order chi connectivity index (χ0) is 31.5. The first-order valence-electron chi connectivity index (χ1n) is 15.1. The van der Waals surface area contributed by atoms with Gasteiger partial charge in [-0.25, -0.2) is 0 Å². The predicted molar refractivity (Wildman–Crippen MR) is 176 cm³/mol. The van der Waals surface area contributed by atoms with Crippen LogP contribution in [0.1, 0.15) is 36.6 Å². The molecule has 2 fully saturated rings. The first-order valence-corrected chi connectivity index (χ1v) is 18.5. The second-order valence-corrected chi connectivity index (χ2v) is 16.4. The van der Waals surface area contributed by atoms with E-state index < -0.39 is 19.7 Å². The molecule has 0 unspecified atom stereocenters. The highest BCUT2D eigenvalue weighted by atomic mass is 32.1. The molecule has 2 aliphatic heterocycles. The van der Waals surface area contributed by atoms with Gasteiger partial charge in [0.1, 0.15) is 12.9 Å². The van der Waals surface area contributed by atoms with Gasteiger partial charge in [-0.05, 0) is 73.7 Å². The zero-order valence-electron chi connectivity index (χ0n) is 25.7. The van der Waals surface area contributed by atoms with Crippen LogP contribution in [0.15, 0.2) is 36.4 Å². The Morgan fingerprint density at radius 3 is 2.59 bits per heavy atom. The summed E-state index contributed by atoms with van der Waals surface area (Å²) in [5, 5.41) is 8.19. The Morgan fingerprint density at radius 2 is 1.91 bits per heavy atom. The molecular formula is C33H41F3N3O3PS. The van der Waals surface area contributed by atoms with Crippen molar-refractivity contribution < 1.29 is 27.2 Å². The van der Waals surface area contributed by atoms with E-state index >= 15 is 0 Å². The van der Waals surface area contributed by atoms with Crippen LogP contribution in [0.5, 0.6) is 5.75 Å². The SMILES string of the molecule is COc1cc(P(C)(C)=O)ccc1NCC#Cc1sc2c(N[C@@H]3CCN(C4CCOCC4)C[C@@H]3C)cccc2c1CC(F)(F)F. The summed E-state index contributed by atoms with van der Waals surface area (Å²) < 4.78 is 65.5. The molecule has 6 nitrogen and oxygen atoms in total. The molecule has 2 aromatic carbocycles. The number of anilines is 2. The van der Waals surface area contributed by atoms with Gasteiger partial charge in [0.15, 0.2) is 0 Å². The number of piperidine rings is 1. The second-order valence-electron chi connectivity index (χ2n) is 12.1. The molecule has 2 N–H and O–H groups in total. The minimum Gasteiger partial charge on any atom is -0.495 e. The van der Waals surface area contributed by atoms with Crippen LogP contribution in [0, 0.1) is 17.8 Å². The Kier molecular flexibility index (Phi) is 10.2. The van der Waals surface area contributed by atoms with Crippen LogP contribution in [-0.4, -0.2) is 76.4 Å². The molecule has 3 aromatic rings. The lowest BCUT2D eigenvalue weighted by molar-refractivity contribution is -0.126. The summed E-state index contributed by atoms with van der Waals surface area (Å²) in [5.41, 5.74) is 1.77. The summed E-state index contributed by atoms with van der Waals surface area (Å²) in [5.74, 6) is 6.98. The Labute approximate surface area is 262 Å². The quantitative estimate of drug-likeness (QED) is 0.202. The van der Waals surface area contributed by atoms with Gasteiger partial charge < -0.3 is 24.7 Å². The van der Waals surface area contributed by atoms with E-state index in [2.05, 4.69) is 34.3 Å². The largest absolute Gasteiger partial charge is 0.495 e. The highest BCUT2D eigenvalue weighted by molar-refractivity contribution is 7.70. The van der Waals surface area contributed by atoms with Crippen molar-refractivity contribution in [2.75, 3.05) is 63.9 Å². The van der Waals surface area contributed by atoms with Crippen LogP contribution >= 0.6 is 18.5 Å². The second kappa shape index (κ2) is 13.7. The summed E-state index contributed by atoms with van der Waals surface area (Å²) in [6.07, 6.45) is -2.27. The van der Waals surface area contributed by atoms with E-state index in [0.29, 0.717) is 39.0 Å². The van der Waals surface area contributed by atoms with Gasteiger partial charge in [-0.1, -0.05) is 30.9 Å². The Bertz CT molecular complexity index is 1570. The van der Waals surface area contributed by atoms with E-state index in [1.165, 1.54) is 18.4 Å². The molecule has 0 aliphatic carbocycles. The minimum absolute atomic E-state index is 0.208. The Morgan fingerprint density at radius 1 is 1.14 bits per heavy atom. The average molecular weight is 648 g/mol. The van der Waals surface area contributed by atoms with Crippen LogP contribution in [0.3, 0.4) is 0 Å². The first kappa shape index (κ1) is 32.7. The summed E-state index contributed by atoms with van der Waals surface area (Å²) in [4.78, 5) is 3.01. The molecule has 0 bridgehead atoms. The number of halogens is 3. The summed E-state index contributed by atoms with van der Waals surface area (Å²) >= 11 is 1.32. The summed E-state index contributed by atoms with van der Waals surface area (Å²) in [6, 6.07) is 11.7. The van der Waals surface area contributed by atoms with Gasteiger partial charge in [0, 0.05) is 43.7 Å². The maximum Gasteiger partial charge on any atom is 0.393 e. The number of methoxy groups -OCH3 is 1. The topological polar surface area (TPSA) is 62.8 Å². The van der Waals surface area contributed by atoms with E-state index in [0.717, 1.165) is 56.0 Å². The molecule has 0 spiro atoms. The van der Waals surface area contributed by atoms with Crippen molar-refractivity contribution in [3.8, 4) is 17.6 Å². The fourth-order valence-corrected chi connectivity index (χ4v) is 8.19. The van der Waals surface area contributed by atoms with Crippen LogP contribution in [0.2, 0.25) is 0 Å². The number of benzene rings is 2. The van der Waals surface area contributed by atoms with Crippen LogP contribution < -0.4 is 20.7 Å². The lowest BCUT2D eigenvalue weighted by Gasteiger charge is -2.42. The molecule has 0 radical (unpaired) electrons. The molecule has 2 aliphatic rings. The number of likely N-dealkylation sites (tertiary alicyclic amines) is 1. The van der Waals surface area contributed by atoms with Gasteiger partial charge in [0.2, 0.25) is 0 Å². The number of rotatable bonds is 8. The number of fused-ring (bicyclic) bond motifs is 1. The number of thiophene rings is 1. The van der Waals surface area contributed by atoms with Crippen molar-refractivity contribution in [3.63, 3.8) is 0 Å². The molecule has 44 heavy (non-hydrogen) atoms. The monoisotopic (exact) mass is 647 g/mol. The number of ether oxygens (including phenoxy) is 2. The van der Waals surface area contributed by atoms with Crippen molar-refractivity contribution in [2.45, 2.75) is 50.9 Å². The predicted octanol–water partition coefficient (Wildman–Crippen LogP) is 7.03. The van der Waals surface area contributed by atoms with E-state index in [1.807, 2.05) is 12.1 Å². The fourth-order valence-electron chi connectivity index (χ4n) is 6.16. The number of nitrogens with zero attached hydrogens (tertiary/aromatic N) is 1. The third-order valence-electron chi connectivity index (χ3n) is 8.56. The van der Waals surface area contributed by atoms with Crippen LogP contribution in [0.4, 0.5) is 24.5 Å². The molecule has 0 amide bonds. The number of alkyl halides is 3. The van der Waals surface area contributed by atoms with E-state index in [9.17, 15) is 17.7 Å². The summed E-state index contributed by atoms with van der Waals surface area (Å²) in [7, 11) is -0.917. The minimum atomic E-state index is -4.36.